The number of amides is 2. The van der Waals surface area contributed by atoms with Crippen molar-refractivity contribution < 1.29 is 23.8 Å². The van der Waals surface area contributed by atoms with Crippen molar-refractivity contribution in [2.45, 2.75) is 133 Å². The molecule has 3 aliphatic heterocycles. The van der Waals surface area contributed by atoms with Gasteiger partial charge in [-0.2, -0.15) is 0 Å². The van der Waals surface area contributed by atoms with Crippen molar-refractivity contribution in [3.63, 3.8) is 0 Å². The van der Waals surface area contributed by atoms with Crippen LogP contribution in [0.15, 0.2) is 0 Å². The summed E-state index contributed by atoms with van der Waals surface area (Å²) in [6.45, 7) is 3.29. The predicted octanol–water partition coefficient (Wildman–Crippen LogP) is 3.66. The maximum atomic E-state index is 14.2. The molecule has 226 valence electrons. The Morgan fingerprint density at radius 1 is 1.00 bits per heavy atom. The van der Waals surface area contributed by atoms with E-state index in [-0.39, 0.29) is 54.9 Å². The molecule has 2 amide bonds. The van der Waals surface area contributed by atoms with Crippen LogP contribution in [0.25, 0.3) is 0 Å². The molecule has 3 saturated heterocycles. The van der Waals surface area contributed by atoms with Crippen LogP contribution >= 0.6 is 0 Å². The summed E-state index contributed by atoms with van der Waals surface area (Å²) in [5.74, 6) is 2.30. The second-order valence-electron chi connectivity index (χ2n) is 13.9. The van der Waals surface area contributed by atoms with Gasteiger partial charge in [-0.1, -0.05) is 32.1 Å². The maximum absolute atomic E-state index is 14.2. The lowest BCUT2D eigenvalue weighted by Gasteiger charge is -2.55. The number of ether oxygens (including phenoxy) is 3. The average molecular weight is 560 g/mol. The van der Waals surface area contributed by atoms with E-state index in [1.54, 1.807) is 14.2 Å². The van der Waals surface area contributed by atoms with Gasteiger partial charge in [-0.15, -0.1) is 0 Å². The Kier molecular flexibility index (Phi) is 9.07. The van der Waals surface area contributed by atoms with Gasteiger partial charge >= 0.3 is 0 Å². The minimum atomic E-state index is -0.179. The average Bonchev–Trinajstić information content (AvgIpc) is 3.32. The third-order valence-electron chi connectivity index (χ3n) is 11.8. The van der Waals surface area contributed by atoms with Crippen LogP contribution in [0.5, 0.6) is 0 Å². The topological polar surface area (TPSA) is 89.1 Å². The highest BCUT2D eigenvalue weighted by Gasteiger charge is 2.64. The Morgan fingerprint density at radius 3 is 2.60 bits per heavy atom. The summed E-state index contributed by atoms with van der Waals surface area (Å²) >= 11 is 0. The molecule has 0 bridgehead atoms. The number of carbonyl (C=O) groups is 2. The van der Waals surface area contributed by atoms with Crippen LogP contribution in [0.3, 0.4) is 0 Å². The summed E-state index contributed by atoms with van der Waals surface area (Å²) in [5, 5.41) is 7.04. The van der Waals surface area contributed by atoms with Gasteiger partial charge in [0.2, 0.25) is 11.8 Å². The quantitative estimate of drug-likeness (QED) is 0.448. The number of hydrogen-bond acceptors (Lipinski definition) is 6. The molecule has 6 rings (SSSR count). The van der Waals surface area contributed by atoms with E-state index < -0.39 is 0 Å². The summed E-state index contributed by atoms with van der Waals surface area (Å²) in [6, 6.07) is 1.10. The largest absolute Gasteiger partial charge is 0.379 e. The number of methoxy groups -OCH3 is 2. The van der Waals surface area contributed by atoms with Crippen molar-refractivity contribution in [3.05, 3.63) is 0 Å². The van der Waals surface area contributed by atoms with Gasteiger partial charge in [-0.25, -0.2) is 0 Å². The fraction of sp³-hybridized carbons (Fsp3) is 0.938. The summed E-state index contributed by atoms with van der Waals surface area (Å²) in [6.07, 6.45) is 14.9. The molecule has 11 atom stereocenters. The lowest BCUT2D eigenvalue weighted by molar-refractivity contribution is -0.175. The lowest BCUT2D eigenvalue weighted by atomic mass is 9.64. The van der Waals surface area contributed by atoms with Crippen molar-refractivity contribution in [1.29, 1.82) is 0 Å². The second-order valence-corrected chi connectivity index (χ2v) is 13.9. The van der Waals surface area contributed by atoms with Gasteiger partial charge in [-0.3, -0.25) is 9.59 Å². The molecule has 0 aromatic rings. The van der Waals surface area contributed by atoms with E-state index in [0.717, 1.165) is 57.4 Å². The minimum absolute atomic E-state index is 0.0154. The molecule has 2 N–H and O–H groups in total. The van der Waals surface area contributed by atoms with Crippen LogP contribution in [0.2, 0.25) is 0 Å². The number of hydrogen-bond donors (Lipinski definition) is 2. The summed E-state index contributed by atoms with van der Waals surface area (Å²) < 4.78 is 18.0. The van der Waals surface area contributed by atoms with Crippen molar-refractivity contribution in [2.75, 3.05) is 27.4 Å². The highest BCUT2D eigenvalue weighted by molar-refractivity contribution is 5.83. The molecule has 8 nitrogen and oxygen atoms in total. The molecule has 0 aromatic heterocycles. The van der Waals surface area contributed by atoms with E-state index in [1.807, 2.05) is 0 Å². The van der Waals surface area contributed by atoms with Crippen molar-refractivity contribution in [3.8, 4) is 0 Å². The molecular weight excluding hydrogens is 506 g/mol. The molecule has 0 aromatic carbocycles. The van der Waals surface area contributed by atoms with Gasteiger partial charge in [-0.05, 0) is 88.5 Å². The molecular formula is C32H53N3O5. The van der Waals surface area contributed by atoms with Crippen LogP contribution in [0, 0.1) is 29.6 Å². The minimum Gasteiger partial charge on any atom is -0.379 e. The summed E-state index contributed by atoms with van der Waals surface area (Å²) in [4.78, 5) is 29.2. The smallest absolute Gasteiger partial charge is 0.246 e. The standard InChI is InChI=1S/C32H53N3O5/c1-19(9-10-20-7-5-4-6-8-20)34-27(36)18-40-21-11-13-25-24(17-21)22-15-16-33-29-23-12-14-26(38-2)31(39-3)28(23)32(37)35(25)30(22)29/h19-26,28-31,33H,4-18H2,1-3H3,(H,34,36)/t19-,21?,22?,23?,24?,25?,26?,28?,29?,30?,31?/m0/s1. The van der Waals surface area contributed by atoms with E-state index in [4.69, 9.17) is 14.2 Å². The summed E-state index contributed by atoms with van der Waals surface area (Å²) in [7, 11) is 3.48. The second kappa shape index (κ2) is 12.6. The Morgan fingerprint density at radius 2 is 1.82 bits per heavy atom. The molecule has 0 radical (unpaired) electrons. The highest BCUT2D eigenvalue weighted by Crippen LogP contribution is 2.54. The van der Waals surface area contributed by atoms with Crippen LogP contribution < -0.4 is 10.6 Å². The fourth-order valence-electron chi connectivity index (χ4n) is 10.0. The fourth-order valence-corrected chi connectivity index (χ4v) is 10.0. The van der Waals surface area contributed by atoms with Crippen LogP contribution in [0.4, 0.5) is 0 Å². The zero-order valence-corrected chi connectivity index (χ0v) is 25.0. The number of fused-ring (bicyclic) bond motifs is 5. The zero-order chi connectivity index (χ0) is 27.8. The van der Waals surface area contributed by atoms with E-state index >= 15 is 0 Å². The number of nitrogens with one attached hydrogen (secondary N) is 2. The third-order valence-corrected chi connectivity index (χ3v) is 11.8. The van der Waals surface area contributed by atoms with E-state index in [1.165, 1.54) is 38.5 Å². The Balaban J connectivity index is 1.05. The number of piperidine rings is 2. The first-order chi connectivity index (χ1) is 19.5. The highest BCUT2D eigenvalue weighted by atomic mass is 16.5. The van der Waals surface area contributed by atoms with Crippen molar-refractivity contribution >= 4 is 11.8 Å². The van der Waals surface area contributed by atoms with Crippen LogP contribution in [-0.2, 0) is 23.8 Å². The van der Waals surface area contributed by atoms with E-state index in [2.05, 4.69) is 22.5 Å². The molecule has 6 fully saturated rings. The molecule has 8 heteroatoms. The molecule has 6 aliphatic rings. The summed E-state index contributed by atoms with van der Waals surface area (Å²) in [5.41, 5.74) is 0. The van der Waals surface area contributed by atoms with E-state index in [9.17, 15) is 9.59 Å². The number of rotatable bonds is 9. The van der Waals surface area contributed by atoms with Gasteiger partial charge in [0.15, 0.2) is 0 Å². The maximum Gasteiger partial charge on any atom is 0.246 e. The predicted molar refractivity (Wildman–Crippen MR) is 153 cm³/mol. The number of nitrogens with zero attached hydrogens (tertiary/aromatic N) is 1. The monoisotopic (exact) mass is 559 g/mol. The first-order valence-electron chi connectivity index (χ1n) is 16.5. The number of carbonyl (C=O) groups excluding carboxylic acids is 2. The van der Waals surface area contributed by atoms with Gasteiger partial charge < -0.3 is 29.7 Å². The SMILES string of the molecule is COC1CCC2C3NCCC4C5CC(OCC(=O)N[C@@H](C)CCC6CCCCC6)CCC5N(C(=O)C2C1OC)C43. The third kappa shape index (κ3) is 5.47. The normalized spacial score (nSPS) is 42.1. The van der Waals surface area contributed by atoms with E-state index in [0.29, 0.717) is 29.7 Å². The molecule has 0 spiro atoms. The lowest BCUT2D eigenvalue weighted by Crippen LogP contribution is -2.70. The first kappa shape index (κ1) is 28.9. The zero-order valence-electron chi connectivity index (χ0n) is 25.0. The Bertz CT molecular complexity index is 896. The molecule has 40 heavy (non-hydrogen) atoms. The first-order valence-corrected chi connectivity index (χ1v) is 16.5. The molecule has 3 aliphatic carbocycles. The van der Waals surface area contributed by atoms with Gasteiger partial charge in [0, 0.05) is 32.3 Å². The van der Waals surface area contributed by atoms with Crippen molar-refractivity contribution in [2.24, 2.45) is 29.6 Å². The van der Waals surface area contributed by atoms with Gasteiger partial charge in [0.05, 0.1) is 30.3 Å². The molecule has 10 unspecified atom stereocenters. The van der Waals surface area contributed by atoms with Gasteiger partial charge in [0.1, 0.15) is 6.61 Å². The van der Waals surface area contributed by atoms with Crippen LogP contribution in [-0.4, -0.2) is 86.6 Å². The Hall–Kier alpha value is -1.22. The molecule has 3 saturated carbocycles. The van der Waals surface area contributed by atoms with Crippen LogP contribution in [0.1, 0.15) is 90.4 Å². The molecule has 3 heterocycles. The Labute approximate surface area is 241 Å². The van der Waals surface area contributed by atoms with Crippen molar-refractivity contribution in [1.82, 2.24) is 15.5 Å². The van der Waals surface area contributed by atoms with Gasteiger partial charge in [0.25, 0.3) is 0 Å².